The lowest BCUT2D eigenvalue weighted by Gasteiger charge is -2.17. The van der Waals surface area contributed by atoms with E-state index in [4.69, 9.17) is 11.6 Å². The number of benzene rings is 1. The maximum atomic E-state index is 12.0. The molecule has 7 heteroatoms. The normalized spacial score (nSPS) is 12.5. The highest BCUT2D eigenvalue weighted by molar-refractivity contribution is 9.10. The van der Waals surface area contributed by atoms with E-state index >= 15 is 0 Å². The number of halogens is 2. The second-order valence-electron chi connectivity index (χ2n) is 5.07. The van der Waals surface area contributed by atoms with E-state index in [1.165, 1.54) is 12.1 Å². The van der Waals surface area contributed by atoms with Crippen LogP contribution in [0.3, 0.4) is 0 Å². The molecule has 1 rings (SSSR count). The van der Waals surface area contributed by atoms with E-state index in [2.05, 4.69) is 20.7 Å². The first-order valence-electron chi connectivity index (χ1n) is 5.52. The molecule has 0 bridgehead atoms. The zero-order valence-corrected chi connectivity index (χ0v) is 14.0. The number of carbonyl (C=O) groups is 1. The molecule has 0 saturated carbocycles. The molecule has 0 aromatic heterocycles. The Morgan fingerprint density at radius 1 is 1.37 bits per heavy atom. The van der Waals surface area contributed by atoms with Crippen molar-refractivity contribution < 1.29 is 13.2 Å². The lowest BCUT2D eigenvalue weighted by Crippen LogP contribution is -2.35. The Hall–Kier alpha value is -0.430. The van der Waals surface area contributed by atoms with Crippen LogP contribution in [0.4, 0.5) is 0 Å². The number of sulfonamides is 1. The highest BCUT2D eigenvalue weighted by Crippen LogP contribution is 2.25. The summed E-state index contributed by atoms with van der Waals surface area (Å²) in [6.07, 6.45) is 0. The fraction of sp³-hybridized carbons (Fsp3) is 0.417. The number of carbonyl (C=O) groups excluding carboxylic acids is 1. The van der Waals surface area contributed by atoms with Crippen LogP contribution in [0.25, 0.3) is 0 Å². The monoisotopic (exact) mass is 367 g/mol. The van der Waals surface area contributed by atoms with E-state index < -0.39 is 15.4 Å². The molecule has 0 atom stereocenters. The minimum atomic E-state index is -3.79. The van der Waals surface area contributed by atoms with Crippen LogP contribution in [0.2, 0.25) is 5.02 Å². The highest BCUT2D eigenvalue weighted by atomic mass is 79.9. The van der Waals surface area contributed by atoms with Gasteiger partial charge in [0.05, 0.1) is 11.6 Å². The van der Waals surface area contributed by atoms with Crippen molar-refractivity contribution in [3.05, 3.63) is 27.7 Å². The zero-order chi connectivity index (χ0) is 14.8. The predicted molar refractivity (Wildman–Crippen MR) is 78.8 cm³/mol. The van der Waals surface area contributed by atoms with Crippen molar-refractivity contribution in [3.63, 3.8) is 0 Å². The van der Waals surface area contributed by atoms with Gasteiger partial charge in [-0.1, -0.05) is 48.3 Å². The first-order chi connectivity index (χ1) is 8.54. The third kappa shape index (κ3) is 4.56. The van der Waals surface area contributed by atoms with E-state index in [-0.39, 0.29) is 22.2 Å². The molecule has 0 spiro atoms. The van der Waals surface area contributed by atoms with Crippen molar-refractivity contribution in [3.8, 4) is 0 Å². The number of hydrogen-bond acceptors (Lipinski definition) is 3. The van der Waals surface area contributed by atoms with Crippen molar-refractivity contribution in [1.82, 2.24) is 4.72 Å². The van der Waals surface area contributed by atoms with E-state index in [1.807, 2.05) is 0 Å². The van der Waals surface area contributed by atoms with E-state index in [9.17, 15) is 13.2 Å². The molecule has 0 saturated heterocycles. The minimum Gasteiger partial charge on any atom is -0.298 e. The van der Waals surface area contributed by atoms with Crippen LogP contribution in [0.15, 0.2) is 27.6 Å². The van der Waals surface area contributed by atoms with Crippen LogP contribution >= 0.6 is 27.5 Å². The van der Waals surface area contributed by atoms with Gasteiger partial charge in [0.2, 0.25) is 10.0 Å². The molecule has 1 N–H and O–H groups in total. The smallest absolute Gasteiger partial charge is 0.242 e. The third-order valence-corrected chi connectivity index (χ3v) is 4.82. The van der Waals surface area contributed by atoms with E-state index in [1.54, 1.807) is 26.8 Å². The minimum absolute atomic E-state index is 0.0425. The quantitative estimate of drug-likeness (QED) is 0.888. The fourth-order valence-corrected chi connectivity index (χ4v) is 3.21. The van der Waals surface area contributed by atoms with Crippen LogP contribution in [-0.4, -0.2) is 20.7 Å². The van der Waals surface area contributed by atoms with Gasteiger partial charge >= 0.3 is 0 Å². The van der Waals surface area contributed by atoms with Gasteiger partial charge in [0.15, 0.2) is 5.78 Å². The van der Waals surface area contributed by atoms with Gasteiger partial charge in [-0.2, -0.15) is 0 Å². The Kier molecular flexibility index (Phi) is 5.17. The molecule has 0 amide bonds. The molecular weight excluding hydrogens is 354 g/mol. The zero-order valence-electron chi connectivity index (χ0n) is 10.8. The second-order valence-corrected chi connectivity index (χ2v) is 8.13. The van der Waals surface area contributed by atoms with Crippen LogP contribution in [0.5, 0.6) is 0 Å². The largest absolute Gasteiger partial charge is 0.298 e. The summed E-state index contributed by atoms with van der Waals surface area (Å²) < 4.78 is 27.0. The summed E-state index contributed by atoms with van der Waals surface area (Å²) >= 11 is 9.08. The standard InChI is InChI=1S/C12H15BrClNO3S/c1-12(2,3)11(16)7-15-19(17,18)10-5-4-8(13)6-9(10)14/h4-6,15H,7H2,1-3H3. The van der Waals surface area contributed by atoms with Gasteiger partial charge in [-0.15, -0.1) is 0 Å². The predicted octanol–water partition coefficient (Wildman–Crippen LogP) is 3.00. The average molecular weight is 369 g/mol. The van der Waals surface area contributed by atoms with E-state index in [0.29, 0.717) is 4.47 Å². The fourth-order valence-electron chi connectivity index (χ4n) is 1.20. The molecule has 1 aromatic rings. The van der Waals surface area contributed by atoms with Crippen LogP contribution in [-0.2, 0) is 14.8 Å². The number of ketones is 1. The molecule has 0 unspecified atom stereocenters. The maximum absolute atomic E-state index is 12.0. The molecule has 4 nitrogen and oxygen atoms in total. The molecule has 0 fully saturated rings. The molecule has 0 heterocycles. The molecule has 0 aliphatic rings. The topological polar surface area (TPSA) is 63.2 Å². The Bertz CT molecular complexity index is 593. The van der Waals surface area contributed by atoms with Gasteiger partial charge in [-0.25, -0.2) is 13.1 Å². The van der Waals surface area contributed by atoms with E-state index in [0.717, 1.165) is 0 Å². The Morgan fingerprint density at radius 2 is 1.95 bits per heavy atom. The SMILES string of the molecule is CC(C)(C)C(=O)CNS(=O)(=O)c1ccc(Br)cc1Cl. The lowest BCUT2D eigenvalue weighted by atomic mass is 9.91. The summed E-state index contributed by atoms with van der Waals surface area (Å²) in [5.74, 6) is -0.190. The van der Waals surface area contributed by atoms with Gasteiger partial charge in [-0.3, -0.25) is 4.79 Å². The van der Waals surface area contributed by atoms with Crippen molar-refractivity contribution in [1.29, 1.82) is 0 Å². The first-order valence-corrected chi connectivity index (χ1v) is 8.17. The van der Waals surface area contributed by atoms with Gasteiger partial charge in [-0.05, 0) is 18.2 Å². The van der Waals surface area contributed by atoms with Gasteiger partial charge in [0, 0.05) is 9.89 Å². The summed E-state index contributed by atoms with van der Waals surface area (Å²) in [6.45, 7) is 4.95. The lowest BCUT2D eigenvalue weighted by molar-refractivity contribution is -0.125. The van der Waals surface area contributed by atoms with Crippen LogP contribution in [0, 0.1) is 5.41 Å². The molecule has 0 aliphatic carbocycles. The summed E-state index contributed by atoms with van der Waals surface area (Å²) in [4.78, 5) is 11.7. The molecular formula is C12H15BrClNO3S. The highest BCUT2D eigenvalue weighted by Gasteiger charge is 2.24. The molecule has 0 aliphatic heterocycles. The third-order valence-electron chi connectivity index (χ3n) is 2.44. The molecule has 19 heavy (non-hydrogen) atoms. The Morgan fingerprint density at radius 3 is 2.42 bits per heavy atom. The van der Waals surface area contributed by atoms with Gasteiger partial charge in [0.1, 0.15) is 4.90 Å². The van der Waals surface area contributed by atoms with Crippen LogP contribution < -0.4 is 4.72 Å². The van der Waals surface area contributed by atoms with Crippen molar-refractivity contribution in [2.75, 3.05) is 6.54 Å². The number of hydrogen-bond donors (Lipinski definition) is 1. The van der Waals surface area contributed by atoms with Crippen LogP contribution in [0.1, 0.15) is 20.8 Å². The van der Waals surface area contributed by atoms with Crippen molar-refractivity contribution >= 4 is 43.3 Å². The molecule has 106 valence electrons. The van der Waals surface area contributed by atoms with Gasteiger partial charge < -0.3 is 0 Å². The molecule has 1 aromatic carbocycles. The Labute approximate surface area is 126 Å². The summed E-state index contributed by atoms with van der Waals surface area (Å²) in [6, 6.07) is 4.45. The molecule has 0 radical (unpaired) electrons. The number of nitrogens with one attached hydrogen (secondary N) is 1. The summed E-state index contributed by atoms with van der Waals surface area (Å²) in [5.41, 5.74) is -0.591. The summed E-state index contributed by atoms with van der Waals surface area (Å²) in [5, 5.41) is 0.102. The summed E-state index contributed by atoms with van der Waals surface area (Å²) in [7, 11) is -3.79. The number of rotatable bonds is 4. The second kappa shape index (κ2) is 5.91. The average Bonchev–Trinajstić information content (AvgIpc) is 2.24. The maximum Gasteiger partial charge on any atom is 0.242 e. The van der Waals surface area contributed by atoms with Gasteiger partial charge in [0.25, 0.3) is 0 Å². The first kappa shape index (κ1) is 16.6. The van der Waals surface area contributed by atoms with Crippen molar-refractivity contribution in [2.45, 2.75) is 25.7 Å². The van der Waals surface area contributed by atoms with Crippen molar-refractivity contribution in [2.24, 2.45) is 5.41 Å². The number of Topliss-reactive ketones (excluding diaryl/α,β-unsaturated/α-hetero) is 1. The Balaban J connectivity index is 2.91.